The molecule has 21 heavy (non-hydrogen) atoms. The average molecular weight is 304 g/mol. The fourth-order valence-corrected chi connectivity index (χ4v) is 9.22. The van der Waals surface area contributed by atoms with Crippen molar-refractivity contribution in [3.63, 3.8) is 0 Å². The fourth-order valence-electron chi connectivity index (χ4n) is 5.94. The van der Waals surface area contributed by atoms with E-state index in [1.807, 2.05) is 0 Å². The van der Waals surface area contributed by atoms with Crippen LogP contribution in [0.25, 0.3) is 0 Å². The van der Waals surface area contributed by atoms with Crippen molar-refractivity contribution >= 4 is 15.6 Å². The second-order valence-electron chi connectivity index (χ2n) is 7.55. The average Bonchev–Trinajstić information content (AvgIpc) is 2.53. The van der Waals surface area contributed by atoms with Gasteiger partial charge in [0.2, 0.25) is 0 Å². The van der Waals surface area contributed by atoms with E-state index in [1.54, 1.807) is 0 Å². The third kappa shape index (κ3) is 1.40. The summed E-state index contributed by atoms with van der Waals surface area (Å²) in [5.74, 6) is 0.303. The number of hydrogen-bond acceptors (Lipinski definition) is 3. The highest BCUT2D eigenvalue weighted by molar-refractivity contribution is 7.92. The molecule has 4 heteroatoms. The number of sulfone groups is 1. The molecule has 0 spiro atoms. The van der Waals surface area contributed by atoms with Crippen molar-refractivity contribution in [2.24, 2.45) is 35.5 Å². The van der Waals surface area contributed by atoms with Gasteiger partial charge >= 0.3 is 0 Å². The summed E-state index contributed by atoms with van der Waals surface area (Å²) in [5, 5.41) is -0.828. The summed E-state index contributed by atoms with van der Waals surface area (Å²) in [4.78, 5) is 13.1. The normalized spacial score (nSPS) is 55.3. The first kappa shape index (κ1) is 12.6. The summed E-state index contributed by atoms with van der Waals surface area (Å²) in [6.07, 6.45) is 12.3. The van der Waals surface area contributed by atoms with Gasteiger partial charge in [0.25, 0.3) is 0 Å². The molecule has 8 atom stereocenters. The molecule has 0 aromatic carbocycles. The lowest BCUT2D eigenvalue weighted by molar-refractivity contribution is -0.133. The molecule has 1 heterocycles. The van der Waals surface area contributed by atoms with Crippen molar-refractivity contribution in [2.75, 3.05) is 0 Å². The Morgan fingerprint density at radius 1 is 0.714 bits per heavy atom. The van der Waals surface area contributed by atoms with E-state index in [-0.39, 0.29) is 41.3 Å². The second kappa shape index (κ2) is 3.89. The number of allylic oxidation sites excluding steroid dienone is 4. The Hall–Kier alpha value is -0.900. The summed E-state index contributed by atoms with van der Waals surface area (Å²) >= 11 is 0. The second-order valence-corrected chi connectivity index (χ2v) is 9.82. The molecule has 4 bridgehead atoms. The van der Waals surface area contributed by atoms with E-state index in [0.717, 1.165) is 25.7 Å². The number of Topliss-reactive ketones (excluding diaryl/α,β-unsaturated/α-hetero) is 1. The van der Waals surface area contributed by atoms with Crippen LogP contribution in [0.2, 0.25) is 0 Å². The third-order valence-electron chi connectivity index (χ3n) is 6.77. The maximum absolute atomic E-state index is 13.3. The molecule has 7 aliphatic rings. The number of carbonyl (C=O) groups excluding carboxylic acids is 1. The van der Waals surface area contributed by atoms with Gasteiger partial charge in [0, 0.05) is 11.8 Å². The van der Waals surface area contributed by atoms with Gasteiger partial charge in [-0.25, -0.2) is 8.42 Å². The van der Waals surface area contributed by atoms with Gasteiger partial charge in [0.05, 0.1) is 10.5 Å². The molecule has 7 rings (SSSR count). The highest BCUT2D eigenvalue weighted by Crippen LogP contribution is 2.56. The van der Waals surface area contributed by atoms with Crippen LogP contribution in [-0.2, 0) is 14.6 Å². The maximum Gasteiger partial charge on any atom is 0.158 e. The standard InChI is InChI=1S/C17H20O3S/c18-15-13-9-1-5-11(6-2-9)16(13)21(19,20)17-12-7-3-10(4-8-12)14(15)17/h1,3,5,7,9-14,16-17H,2,4,6,8H2/t9-,10+,11-,12-,13+,14-,16+,17+/m0/s1. The highest BCUT2D eigenvalue weighted by Gasteiger charge is 2.63. The number of rotatable bonds is 0. The van der Waals surface area contributed by atoms with Crippen LogP contribution in [0.5, 0.6) is 0 Å². The Balaban J connectivity index is 1.70. The first-order valence-electron chi connectivity index (χ1n) is 8.22. The first-order valence-corrected chi connectivity index (χ1v) is 9.83. The van der Waals surface area contributed by atoms with E-state index in [0.29, 0.717) is 0 Å². The Morgan fingerprint density at radius 3 is 1.48 bits per heavy atom. The molecule has 0 aromatic rings. The monoisotopic (exact) mass is 304 g/mol. The Labute approximate surface area is 125 Å². The van der Waals surface area contributed by atoms with Crippen molar-refractivity contribution in [2.45, 2.75) is 36.2 Å². The molecule has 3 nitrogen and oxygen atoms in total. The van der Waals surface area contributed by atoms with Crippen LogP contribution in [0, 0.1) is 35.5 Å². The molecule has 0 radical (unpaired) electrons. The summed E-state index contributed by atoms with van der Waals surface area (Å²) in [6.45, 7) is 0. The summed E-state index contributed by atoms with van der Waals surface area (Å²) in [7, 11) is -3.20. The number of fused-ring (bicyclic) bond motifs is 2. The van der Waals surface area contributed by atoms with E-state index in [4.69, 9.17) is 0 Å². The van der Waals surface area contributed by atoms with Crippen molar-refractivity contribution in [1.82, 2.24) is 0 Å². The molecule has 112 valence electrons. The minimum atomic E-state index is -3.20. The highest BCUT2D eigenvalue weighted by atomic mass is 32.2. The molecule has 0 unspecified atom stereocenters. The summed E-state index contributed by atoms with van der Waals surface area (Å²) in [6, 6.07) is 0. The van der Waals surface area contributed by atoms with Gasteiger partial charge < -0.3 is 0 Å². The smallest absolute Gasteiger partial charge is 0.158 e. The van der Waals surface area contributed by atoms with Crippen molar-refractivity contribution in [3.8, 4) is 0 Å². The van der Waals surface area contributed by atoms with E-state index < -0.39 is 20.3 Å². The lowest BCUT2D eigenvalue weighted by Crippen LogP contribution is -2.64. The van der Waals surface area contributed by atoms with Crippen LogP contribution in [-0.4, -0.2) is 24.7 Å². The van der Waals surface area contributed by atoms with Gasteiger partial charge in [-0.1, -0.05) is 24.3 Å². The van der Waals surface area contributed by atoms with Crippen LogP contribution < -0.4 is 0 Å². The summed E-state index contributed by atoms with van der Waals surface area (Å²) in [5.41, 5.74) is 0. The third-order valence-corrected chi connectivity index (χ3v) is 9.57. The van der Waals surface area contributed by atoms with Crippen LogP contribution in [0.1, 0.15) is 25.7 Å². The molecular weight excluding hydrogens is 284 g/mol. The molecule has 1 saturated heterocycles. The molecular formula is C17H20O3S. The Morgan fingerprint density at radius 2 is 1.10 bits per heavy atom. The molecule has 1 aliphatic heterocycles. The molecule has 0 aromatic heterocycles. The van der Waals surface area contributed by atoms with Crippen molar-refractivity contribution in [3.05, 3.63) is 24.3 Å². The quantitative estimate of drug-likeness (QED) is 0.644. The van der Waals surface area contributed by atoms with Crippen molar-refractivity contribution in [1.29, 1.82) is 0 Å². The zero-order chi connectivity index (χ0) is 14.4. The van der Waals surface area contributed by atoms with Crippen molar-refractivity contribution < 1.29 is 13.2 Å². The topological polar surface area (TPSA) is 51.2 Å². The SMILES string of the molecule is O=C1[C@@H]2[C@@H]([C@H]3C=C[C@H]2CC3)S(=O)(=O)[C@H]2[C@H]1[C@@H]1C=C[C@H]2CC1. The largest absolute Gasteiger partial charge is 0.299 e. The van der Waals surface area contributed by atoms with Gasteiger partial charge in [0.1, 0.15) is 5.78 Å². The van der Waals surface area contributed by atoms with Gasteiger partial charge in [0.15, 0.2) is 9.84 Å². The maximum atomic E-state index is 13.3. The van der Waals surface area contributed by atoms with Gasteiger partial charge in [-0.2, -0.15) is 0 Å². The van der Waals surface area contributed by atoms with Crippen LogP contribution >= 0.6 is 0 Å². The number of hydrogen-bond donors (Lipinski definition) is 0. The van der Waals surface area contributed by atoms with E-state index in [1.165, 1.54) is 0 Å². The number of carbonyl (C=O) groups is 1. The van der Waals surface area contributed by atoms with Gasteiger partial charge in [-0.3, -0.25) is 4.79 Å². The minimum Gasteiger partial charge on any atom is -0.299 e. The van der Waals surface area contributed by atoms with Crippen LogP contribution in [0.3, 0.4) is 0 Å². The Kier molecular flexibility index (Phi) is 2.34. The summed E-state index contributed by atoms with van der Waals surface area (Å²) < 4.78 is 26.6. The zero-order valence-corrected chi connectivity index (χ0v) is 12.7. The van der Waals surface area contributed by atoms with Gasteiger partial charge in [-0.05, 0) is 49.4 Å². The molecule has 2 saturated carbocycles. The van der Waals surface area contributed by atoms with E-state index in [9.17, 15) is 13.2 Å². The van der Waals surface area contributed by atoms with E-state index in [2.05, 4.69) is 24.3 Å². The first-order chi connectivity index (χ1) is 10.1. The van der Waals surface area contributed by atoms with Gasteiger partial charge in [-0.15, -0.1) is 0 Å². The predicted molar refractivity (Wildman–Crippen MR) is 79.2 cm³/mol. The minimum absolute atomic E-state index is 0.0827. The molecule has 0 amide bonds. The Bertz CT molecular complexity index is 624. The zero-order valence-electron chi connectivity index (χ0n) is 11.9. The van der Waals surface area contributed by atoms with Crippen LogP contribution in [0.4, 0.5) is 0 Å². The lowest BCUT2D eigenvalue weighted by atomic mass is 9.59. The van der Waals surface area contributed by atoms with Crippen LogP contribution in [0.15, 0.2) is 24.3 Å². The predicted octanol–water partition coefficient (Wildman–Crippen LogP) is 2.15. The lowest BCUT2D eigenvalue weighted by Gasteiger charge is -2.55. The molecule has 6 aliphatic carbocycles. The van der Waals surface area contributed by atoms with E-state index >= 15 is 0 Å². The molecule has 0 N–H and O–H groups in total. The molecule has 3 fully saturated rings. The number of ketones is 1. The fraction of sp³-hybridized carbons (Fsp3) is 0.706.